The van der Waals surface area contributed by atoms with Crippen LogP contribution in [0.2, 0.25) is 0 Å². The second-order valence-electron chi connectivity index (χ2n) is 11.0. The van der Waals surface area contributed by atoms with Crippen LogP contribution in [0.4, 0.5) is 0 Å². The lowest BCUT2D eigenvalue weighted by Gasteiger charge is -2.12. The van der Waals surface area contributed by atoms with Gasteiger partial charge in [0, 0.05) is 42.6 Å². The molecule has 4 nitrogen and oxygen atoms in total. The van der Waals surface area contributed by atoms with Gasteiger partial charge in [0.05, 0.1) is 16.4 Å². The fourth-order valence-corrected chi connectivity index (χ4v) is 7.78. The Morgan fingerprint density at radius 3 is 2.23 bits per heavy atom. The Hall–Kier alpha value is -5.52. The van der Waals surface area contributed by atoms with Crippen LogP contribution < -0.4 is 0 Å². The molecule has 0 saturated heterocycles. The van der Waals surface area contributed by atoms with E-state index in [1.807, 2.05) is 30.3 Å². The van der Waals surface area contributed by atoms with Crippen LogP contribution in [0.25, 0.3) is 92.0 Å². The molecule has 0 radical (unpaired) electrons. The van der Waals surface area contributed by atoms with Crippen molar-refractivity contribution in [3.8, 4) is 17.2 Å². The quantitative estimate of drug-likeness (QED) is 0.209. The Bertz CT molecular complexity index is 2730. The number of fused-ring (bicyclic) bond motifs is 11. The zero-order chi connectivity index (χ0) is 28.1. The highest BCUT2D eigenvalue weighted by atomic mass is 32.1. The van der Waals surface area contributed by atoms with Gasteiger partial charge in [0.15, 0.2) is 11.6 Å². The number of aromatic nitrogens is 3. The molecule has 10 aromatic rings. The summed E-state index contributed by atoms with van der Waals surface area (Å²) < 4.78 is 9.86. The molecule has 43 heavy (non-hydrogen) atoms. The number of para-hydroxylation sites is 2. The molecule has 0 aliphatic rings. The molecule has 4 heterocycles. The van der Waals surface area contributed by atoms with Crippen LogP contribution in [-0.2, 0) is 0 Å². The molecular formula is C38H21N3OS. The maximum Gasteiger partial charge on any atom is 0.163 e. The summed E-state index contributed by atoms with van der Waals surface area (Å²) in [7, 11) is 0. The molecule has 0 amide bonds. The molecule has 0 N–H and O–H groups in total. The fourth-order valence-electron chi connectivity index (χ4n) is 6.71. The standard InChI is InChI=1S/C38H21N3OS/c1-2-10-22(11-3-1)36-39-37(34-27-14-6-9-17-33(27)43-38(34)40-36)41-30-15-7-4-12-24(30)26-19-18-23-20-32-29(21-28(23)35(26)41)25-13-5-8-16-31(25)42-32/h1-21H. The third kappa shape index (κ3) is 3.20. The monoisotopic (exact) mass is 567 g/mol. The molecule has 0 spiro atoms. The van der Waals surface area contributed by atoms with Gasteiger partial charge in [-0.3, -0.25) is 4.57 Å². The van der Waals surface area contributed by atoms with Crippen molar-refractivity contribution in [2.24, 2.45) is 0 Å². The Morgan fingerprint density at radius 1 is 0.558 bits per heavy atom. The fraction of sp³-hybridized carbons (Fsp3) is 0. The maximum absolute atomic E-state index is 6.28. The zero-order valence-electron chi connectivity index (χ0n) is 22.8. The lowest BCUT2D eigenvalue weighted by atomic mass is 10.0. The smallest absolute Gasteiger partial charge is 0.163 e. The van der Waals surface area contributed by atoms with Crippen LogP contribution in [-0.4, -0.2) is 14.5 Å². The average Bonchev–Trinajstić information content (AvgIpc) is 3.73. The summed E-state index contributed by atoms with van der Waals surface area (Å²) in [5, 5.41) is 9.19. The first-order valence-corrected chi connectivity index (χ1v) is 15.2. The second kappa shape index (κ2) is 8.51. The summed E-state index contributed by atoms with van der Waals surface area (Å²) in [4.78, 5) is 11.5. The summed E-state index contributed by atoms with van der Waals surface area (Å²) in [5.41, 5.74) is 5.06. The number of benzene rings is 6. The topological polar surface area (TPSA) is 43.9 Å². The minimum absolute atomic E-state index is 0.726. The highest BCUT2D eigenvalue weighted by molar-refractivity contribution is 7.25. The first-order valence-electron chi connectivity index (χ1n) is 14.3. The van der Waals surface area contributed by atoms with Crippen molar-refractivity contribution in [2.75, 3.05) is 0 Å². The van der Waals surface area contributed by atoms with Crippen LogP contribution in [0.15, 0.2) is 132 Å². The van der Waals surface area contributed by atoms with Gasteiger partial charge in [-0.15, -0.1) is 11.3 Å². The molecule has 10 rings (SSSR count). The van der Waals surface area contributed by atoms with E-state index in [1.54, 1.807) is 11.3 Å². The minimum Gasteiger partial charge on any atom is -0.456 e. The van der Waals surface area contributed by atoms with Gasteiger partial charge in [-0.05, 0) is 35.7 Å². The summed E-state index contributed by atoms with van der Waals surface area (Å²) >= 11 is 1.72. The first kappa shape index (κ1) is 23.1. The summed E-state index contributed by atoms with van der Waals surface area (Å²) in [5.74, 6) is 1.63. The third-order valence-electron chi connectivity index (χ3n) is 8.61. The minimum atomic E-state index is 0.726. The van der Waals surface area contributed by atoms with Crippen LogP contribution in [0.3, 0.4) is 0 Å². The van der Waals surface area contributed by atoms with Crippen LogP contribution in [0.5, 0.6) is 0 Å². The molecular weight excluding hydrogens is 547 g/mol. The first-order chi connectivity index (χ1) is 21.3. The lowest BCUT2D eigenvalue weighted by molar-refractivity contribution is 0.669. The maximum atomic E-state index is 6.28. The van der Waals surface area contributed by atoms with Crippen molar-refractivity contribution in [3.63, 3.8) is 0 Å². The van der Waals surface area contributed by atoms with Crippen molar-refractivity contribution in [2.45, 2.75) is 0 Å². The van der Waals surface area contributed by atoms with Gasteiger partial charge in [-0.1, -0.05) is 97.1 Å². The summed E-state index contributed by atoms with van der Waals surface area (Å²) in [6.45, 7) is 0. The van der Waals surface area contributed by atoms with Gasteiger partial charge in [0.25, 0.3) is 0 Å². The second-order valence-corrected chi connectivity index (χ2v) is 12.0. The van der Waals surface area contributed by atoms with Gasteiger partial charge in [-0.2, -0.15) is 0 Å². The van der Waals surface area contributed by atoms with E-state index in [-0.39, 0.29) is 0 Å². The summed E-state index contributed by atoms with van der Waals surface area (Å²) in [6, 6.07) is 44.7. The van der Waals surface area contributed by atoms with Gasteiger partial charge in [0.1, 0.15) is 16.0 Å². The van der Waals surface area contributed by atoms with E-state index >= 15 is 0 Å². The number of hydrogen-bond acceptors (Lipinski definition) is 4. The average molecular weight is 568 g/mol. The summed E-state index contributed by atoms with van der Waals surface area (Å²) in [6.07, 6.45) is 0. The van der Waals surface area contributed by atoms with E-state index < -0.39 is 0 Å². The Labute approximate surface area is 249 Å². The third-order valence-corrected chi connectivity index (χ3v) is 9.68. The van der Waals surface area contributed by atoms with E-state index in [1.165, 1.54) is 26.2 Å². The van der Waals surface area contributed by atoms with E-state index in [4.69, 9.17) is 14.4 Å². The lowest BCUT2D eigenvalue weighted by Crippen LogP contribution is -2.02. The number of furan rings is 1. The molecule has 0 saturated carbocycles. The molecule has 0 fully saturated rings. The van der Waals surface area contributed by atoms with Gasteiger partial charge in [-0.25, -0.2) is 9.97 Å². The molecule has 0 unspecified atom stereocenters. The molecule has 4 aromatic heterocycles. The highest BCUT2D eigenvalue weighted by Gasteiger charge is 2.22. The largest absolute Gasteiger partial charge is 0.456 e. The van der Waals surface area contributed by atoms with Gasteiger partial charge < -0.3 is 4.42 Å². The predicted molar refractivity (Wildman–Crippen MR) is 179 cm³/mol. The van der Waals surface area contributed by atoms with Crippen molar-refractivity contribution < 1.29 is 4.42 Å². The van der Waals surface area contributed by atoms with Crippen molar-refractivity contribution in [1.82, 2.24) is 14.5 Å². The molecule has 0 bridgehead atoms. The van der Waals surface area contributed by atoms with Crippen molar-refractivity contribution in [3.05, 3.63) is 127 Å². The molecule has 200 valence electrons. The normalized spacial score (nSPS) is 12.2. The molecule has 0 atom stereocenters. The number of hydrogen-bond donors (Lipinski definition) is 0. The predicted octanol–water partition coefficient (Wildman–Crippen LogP) is 10.7. The molecule has 0 aliphatic heterocycles. The Kier molecular flexibility index (Phi) is 4.57. The Morgan fingerprint density at radius 2 is 1.33 bits per heavy atom. The highest BCUT2D eigenvalue weighted by Crippen LogP contribution is 2.43. The van der Waals surface area contributed by atoms with Gasteiger partial charge in [0.2, 0.25) is 0 Å². The van der Waals surface area contributed by atoms with Crippen LogP contribution in [0, 0.1) is 0 Å². The SMILES string of the molecule is c1ccc(-c2nc(-n3c4ccccc4c4ccc5cc6oc7ccccc7c6cc5c43)c3c(n2)sc2ccccc23)cc1. The Balaban J connectivity index is 1.43. The van der Waals surface area contributed by atoms with Crippen LogP contribution >= 0.6 is 11.3 Å². The van der Waals surface area contributed by atoms with E-state index in [0.29, 0.717) is 0 Å². The van der Waals surface area contributed by atoms with Crippen molar-refractivity contribution >= 4 is 86.2 Å². The van der Waals surface area contributed by atoms with E-state index in [9.17, 15) is 0 Å². The number of thiophene rings is 1. The zero-order valence-corrected chi connectivity index (χ0v) is 23.6. The molecule has 5 heteroatoms. The van der Waals surface area contributed by atoms with Crippen LogP contribution in [0.1, 0.15) is 0 Å². The van der Waals surface area contributed by atoms with Gasteiger partial charge >= 0.3 is 0 Å². The van der Waals surface area contributed by atoms with E-state index in [2.05, 4.69) is 102 Å². The van der Waals surface area contributed by atoms with Crippen molar-refractivity contribution in [1.29, 1.82) is 0 Å². The number of rotatable bonds is 2. The molecule has 0 aliphatic carbocycles. The van der Waals surface area contributed by atoms with E-state index in [0.717, 1.165) is 65.8 Å². The number of nitrogens with zero attached hydrogens (tertiary/aromatic N) is 3. The molecule has 6 aromatic carbocycles.